The first-order valence-corrected chi connectivity index (χ1v) is 7.58. The Morgan fingerprint density at radius 2 is 2.05 bits per heavy atom. The van der Waals surface area contributed by atoms with Crippen molar-refractivity contribution in [1.82, 2.24) is 10.3 Å². The van der Waals surface area contributed by atoms with Crippen molar-refractivity contribution in [3.05, 3.63) is 42.1 Å². The fourth-order valence-electron chi connectivity index (χ4n) is 3.12. The lowest BCUT2D eigenvalue weighted by Crippen LogP contribution is -2.36. The predicted octanol–water partition coefficient (Wildman–Crippen LogP) is 3.19. The van der Waals surface area contributed by atoms with E-state index in [9.17, 15) is 5.11 Å². The number of nitrogens with zero attached hydrogens (tertiary/aromatic N) is 1. The summed E-state index contributed by atoms with van der Waals surface area (Å²) in [7, 11) is 0. The summed E-state index contributed by atoms with van der Waals surface area (Å²) in [5, 5.41) is 14.5. The van der Waals surface area contributed by atoms with Crippen molar-refractivity contribution < 1.29 is 5.11 Å². The minimum Gasteiger partial charge on any atom is -0.394 e. The minimum atomic E-state index is 0.0303. The van der Waals surface area contributed by atoms with Crippen LogP contribution in [0.5, 0.6) is 0 Å². The molecule has 1 heterocycles. The second kappa shape index (κ2) is 6.33. The van der Waals surface area contributed by atoms with Gasteiger partial charge in [0, 0.05) is 17.6 Å². The van der Waals surface area contributed by atoms with Crippen LogP contribution < -0.4 is 5.32 Å². The van der Waals surface area contributed by atoms with E-state index in [1.165, 1.54) is 32.1 Å². The van der Waals surface area contributed by atoms with E-state index < -0.39 is 0 Å². The van der Waals surface area contributed by atoms with Crippen LogP contribution in [0.3, 0.4) is 0 Å². The van der Waals surface area contributed by atoms with Crippen LogP contribution in [0, 0.1) is 0 Å². The molecule has 1 aromatic heterocycles. The number of hydrogen-bond donors (Lipinski definition) is 2. The van der Waals surface area contributed by atoms with Gasteiger partial charge in [-0.15, -0.1) is 0 Å². The molecule has 0 saturated heterocycles. The van der Waals surface area contributed by atoms with E-state index in [0.29, 0.717) is 6.04 Å². The summed E-state index contributed by atoms with van der Waals surface area (Å²) >= 11 is 0. The number of aliphatic hydroxyl groups excluding tert-OH is 1. The SMILES string of the molecule is OCC(NC1CCCCC1)c1ccc2ncccc2c1. The number of benzene rings is 1. The number of hydrogen-bond acceptors (Lipinski definition) is 3. The molecule has 1 saturated carbocycles. The highest BCUT2D eigenvalue weighted by Crippen LogP contribution is 2.23. The molecular formula is C17H22N2O. The van der Waals surface area contributed by atoms with Crippen LogP contribution in [0.15, 0.2) is 36.5 Å². The van der Waals surface area contributed by atoms with Gasteiger partial charge in [0.25, 0.3) is 0 Å². The summed E-state index contributed by atoms with van der Waals surface area (Å²) in [6, 6.07) is 10.9. The van der Waals surface area contributed by atoms with Crippen LogP contribution in [-0.4, -0.2) is 22.7 Å². The highest BCUT2D eigenvalue weighted by Gasteiger charge is 2.18. The van der Waals surface area contributed by atoms with Gasteiger partial charge in [0.15, 0.2) is 0 Å². The van der Waals surface area contributed by atoms with Crippen molar-refractivity contribution in [2.75, 3.05) is 6.61 Å². The summed E-state index contributed by atoms with van der Waals surface area (Å²) in [6.45, 7) is 0.141. The van der Waals surface area contributed by atoms with Gasteiger partial charge in [-0.25, -0.2) is 0 Å². The van der Waals surface area contributed by atoms with Crippen molar-refractivity contribution in [1.29, 1.82) is 0 Å². The molecule has 0 radical (unpaired) electrons. The summed E-state index contributed by atoms with van der Waals surface area (Å²) in [5.41, 5.74) is 2.16. The lowest BCUT2D eigenvalue weighted by molar-refractivity contribution is 0.220. The minimum absolute atomic E-state index is 0.0303. The molecule has 1 atom stereocenters. The molecule has 2 N–H and O–H groups in total. The van der Waals surface area contributed by atoms with Crippen LogP contribution in [0.2, 0.25) is 0 Å². The van der Waals surface area contributed by atoms with Crippen molar-refractivity contribution in [3.63, 3.8) is 0 Å². The van der Waals surface area contributed by atoms with Gasteiger partial charge >= 0.3 is 0 Å². The van der Waals surface area contributed by atoms with Gasteiger partial charge in [-0.3, -0.25) is 4.98 Å². The summed E-state index contributed by atoms with van der Waals surface area (Å²) < 4.78 is 0. The van der Waals surface area contributed by atoms with Gasteiger partial charge in [-0.2, -0.15) is 0 Å². The van der Waals surface area contributed by atoms with Gasteiger partial charge in [0.1, 0.15) is 0 Å². The fourth-order valence-corrected chi connectivity index (χ4v) is 3.12. The maximum Gasteiger partial charge on any atom is 0.0702 e. The number of rotatable bonds is 4. The van der Waals surface area contributed by atoms with Crippen molar-refractivity contribution >= 4 is 10.9 Å². The Bertz CT molecular complexity index is 564. The average Bonchev–Trinajstić information content (AvgIpc) is 2.53. The van der Waals surface area contributed by atoms with Crippen molar-refractivity contribution in [2.45, 2.75) is 44.2 Å². The topological polar surface area (TPSA) is 45.1 Å². The normalized spacial score (nSPS) is 18.2. The third-order valence-electron chi connectivity index (χ3n) is 4.25. The zero-order valence-corrected chi connectivity index (χ0v) is 11.8. The Morgan fingerprint density at radius 3 is 2.85 bits per heavy atom. The molecular weight excluding hydrogens is 248 g/mol. The Morgan fingerprint density at radius 1 is 1.20 bits per heavy atom. The Hall–Kier alpha value is -1.45. The molecule has 1 aromatic carbocycles. The highest BCUT2D eigenvalue weighted by atomic mass is 16.3. The zero-order chi connectivity index (χ0) is 13.8. The molecule has 3 nitrogen and oxygen atoms in total. The number of aromatic nitrogens is 1. The largest absolute Gasteiger partial charge is 0.394 e. The maximum atomic E-state index is 9.70. The molecule has 1 fully saturated rings. The Balaban J connectivity index is 1.79. The van der Waals surface area contributed by atoms with Gasteiger partial charge in [-0.1, -0.05) is 31.4 Å². The molecule has 2 aromatic rings. The summed E-state index contributed by atoms with van der Waals surface area (Å²) in [4.78, 5) is 4.34. The monoisotopic (exact) mass is 270 g/mol. The second-order valence-electron chi connectivity index (χ2n) is 5.69. The van der Waals surface area contributed by atoms with Gasteiger partial charge in [0.05, 0.1) is 18.2 Å². The zero-order valence-electron chi connectivity index (χ0n) is 11.8. The smallest absolute Gasteiger partial charge is 0.0702 e. The lowest BCUT2D eigenvalue weighted by atomic mass is 9.94. The number of pyridine rings is 1. The first kappa shape index (κ1) is 13.5. The molecule has 1 aliphatic rings. The molecule has 0 bridgehead atoms. The van der Waals surface area contributed by atoms with E-state index >= 15 is 0 Å². The second-order valence-corrected chi connectivity index (χ2v) is 5.69. The van der Waals surface area contributed by atoms with E-state index in [4.69, 9.17) is 0 Å². The Labute approximate surface area is 120 Å². The van der Waals surface area contributed by atoms with Crippen LogP contribution >= 0.6 is 0 Å². The van der Waals surface area contributed by atoms with Crippen molar-refractivity contribution in [3.8, 4) is 0 Å². The third-order valence-corrected chi connectivity index (χ3v) is 4.25. The molecule has 1 unspecified atom stereocenters. The van der Waals surface area contributed by atoms with E-state index in [2.05, 4.69) is 28.5 Å². The maximum absolute atomic E-state index is 9.70. The van der Waals surface area contributed by atoms with Crippen LogP contribution in [-0.2, 0) is 0 Å². The number of nitrogens with one attached hydrogen (secondary N) is 1. The molecule has 0 aliphatic heterocycles. The molecule has 20 heavy (non-hydrogen) atoms. The predicted molar refractivity (Wildman–Crippen MR) is 81.6 cm³/mol. The van der Waals surface area contributed by atoms with E-state index in [-0.39, 0.29) is 12.6 Å². The molecule has 3 rings (SSSR count). The van der Waals surface area contributed by atoms with Gasteiger partial charge < -0.3 is 10.4 Å². The molecule has 0 amide bonds. The van der Waals surface area contributed by atoms with Crippen molar-refractivity contribution in [2.24, 2.45) is 0 Å². The van der Waals surface area contributed by atoms with E-state index in [1.54, 1.807) is 0 Å². The van der Waals surface area contributed by atoms with E-state index in [1.807, 2.05) is 18.3 Å². The number of aliphatic hydroxyl groups is 1. The average molecular weight is 270 g/mol. The first-order chi connectivity index (χ1) is 9.86. The fraction of sp³-hybridized carbons (Fsp3) is 0.471. The molecule has 3 heteroatoms. The highest BCUT2D eigenvalue weighted by molar-refractivity contribution is 5.79. The van der Waals surface area contributed by atoms with Crippen LogP contribution in [0.1, 0.15) is 43.7 Å². The Kier molecular flexibility index (Phi) is 4.28. The molecule has 1 aliphatic carbocycles. The summed E-state index contributed by atoms with van der Waals surface area (Å²) in [5.74, 6) is 0. The van der Waals surface area contributed by atoms with Crippen LogP contribution in [0.4, 0.5) is 0 Å². The summed E-state index contributed by atoms with van der Waals surface area (Å²) in [6.07, 6.45) is 8.22. The van der Waals surface area contributed by atoms with Gasteiger partial charge in [-0.05, 0) is 36.6 Å². The standard InChI is InChI=1S/C17H22N2O/c20-12-17(19-15-6-2-1-3-7-15)14-8-9-16-13(11-14)5-4-10-18-16/h4-5,8-11,15,17,19-20H,1-3,6-7,12H2. The molecule has 0 spiro atoms. The lowest BCUT2D eigenvalue weighted by Gasteiger charge is -2.28. The molecule has 106 valence electrons. The van der Waals surface area contributed by atoms with E-state index in [0.717, 1.165) is 16.5 Å². The van der Waals surface area contributed by atoms with Crippen LogP contribution in [0.25, 0.3) is 10.9 Å². The first-order valence-electron chi connectivity index (χ1n) is 7.58. The number of fused-ring (bicyclic) bond motifs is 1. The van der Waals surface area contributed by atoms with Gasteiger partial charge in [0.2, 0.25) is 0 Å². The quantitative estimate of drug-likeness (QED) is 0.897. The third kappa shape index (κ3) is 3.00.